The first-order chi connectivity index (χ1) is 8.70. The lowest BCUT2D eigenvalue weighted by molar-refractivity contribution is 0.274. The molecule has 1 saturated carbocycles. The van der Waals surface area contributed by atoms with Gasteiger partial charge in [-0.25, -0.2) is 4.98 Å². The van der Waals surface area contributed by atoms with Crippen molar-refractivity contribution in [2.75, 3.05) is 13.1 Å². The summed E-state index contributed by atoms with van der Waals surface area (Å²) in [5.74, 6) is 0.505. The summed E-state index contributed by atoms with van der Waals surface area (Å²) >= 11 is 1.74. The third-order valence-corrected chi connectivity index (χ3v) is 4.98. The first kappa shape index (κ1) is 14.0. The zero-order chi connectivity index (χ0) is 12.8. The number of rotatable bonds is 6. The lowest BCUT2D eigenvalue weighted by Crippen LogP contribution is -2.44. The standard InChI is InChI=1S/C14H25N3S/c1-12(13-17-9-10-18-13)11-16-8-7-14(15)5-3-2-4-6-14/h9-10,12,16H,2-8,11,15H2,1H3. The SMILES string of the molecule is CC(CNCCC1(N)CCCCC1)c1nccs1. The second kappa shape index (κ2) is 6.64. The number of hydrogen-bond acceptors (Lipinski definition) is 4. The molecule has 4 heteroatoms. The number of nitrogens with zero attached hydrogens (tertiary/aromatic N) is 1. The Morgan fingerprint density at radius 1 is 1.44 bits per heavy atom. The molecule has 1 atom stereocenters. The molecule has 1 aliphatic rings. The fraction of sp³-hybridized carbons (Fsp3) is 0.786. The van der Waals surface area contributed by atoms with Gasteiger partial charge in [0, 0.05) is 29.6 Å². The van der Waals surface area contributed by atoms with Crippen molar-refractivity contribution in [1.82, 2.24) is 10.3 Å². The number of hydrogen-bond donors (Lipinski definition) is 2. The van der Waals surface area contributed by atoms with Crippen LogP contribution in [0.2, 0.25) is 0 Å². The molecule has 0 aliphatic heterocycles. The van der Waals surface area contributed by atoms with Crippen molar-refractivity contribution in [2.24, 2.45) is 5.73 Å². The molecule has 102 valence electrons. The van der Waals surface area contributed by atoms with E-state index >= 15 is 0 Å². The van der Waals surface area contributed by atoms with E-state index in [1.807, 2.05) is 11.6 Å². The van der Waals surface area contributed by atoms with E-state index in [9.17, 15) is 0 Å². The van der Waals surface area contributed by atoms with Crippen molar-refractivity contribution in [3.05, 3.63) is 16.6 Å². The Bertz CT molecular complexity index is 331. The van der Waals surface area contributed by atoms with Crippen LogP contribution in [-0.2, 0) is 0 Å². The minimum absolute atomic E-state index is 0.107. The Balaban J connectivity index is 1.63. The highest BCUT2D eigenvalue weighted by Crippen LogP contribution is 2.28. The van der Waals surface area contributed by atoms with E-state index in [1.54, 1.807) is 11.3 Å². The lowest BCUT2D eigenvalue weighted by atomic mass is 9.80. The second-order valence-corrected chi connectivity index (χ2v) is 6.57. The molecule has 1 aromatic heterocycles. The van der Waals surface area contributed by atoms with Crippen LogP contribution in [-0.4, -0.2) is 23.6 Å². The summed E-state index contributed by atoms with van der Waals surface area (Å²) in [5, 5.41) is 6.80. The Hall–Kier alpha value is -0.450. The number of thiazole rings is 1. The van der Waals surface area contributed by atoms with Crippen molar-refractivity contribution < 1.29 is 0 Å². The van der Waals surface area contributed by atoms with Crippen LogP contribution in [0.5, 0.6) is 0 Å². The van der Waals surface area contributed by atoms with Gasteiger partial charge in [-0.2, -0.15) is 0 Å². The molecule has 0 spiro atoms. The summed E-state index contributed by atoms with van der Waals surface area (Å²) < 4.78 is 0. The molecular weight excluding hydrogens is 242 g/mol. The zero-order valence-corrected chi connectivity index (χ0v) is 12.1. The Labute approximate surface area is 114 Å². The van der Waals surface area contributed by atoms with Crippen molar-refractivity contribution in [3.8, 4) is 0 Å². The topological polar surface area (TPSA) is 50.9 Å². The van der Waals surface area contributed by atoms with E-state index in [0.717, 1.165) is 19.5 Å². The molecule has 18 heavy (non-hydrogen) atoms. The number of nitrogens with two attached hydrogens (primary N) is 1. The largest absolute Gasteiger partial charge is 0.325 e. The highest BCUT2D eigenvalue weighted by Gasteiger charge is 2.26. The molecule has 0 saturated heterocycles. The summed E-state index contributed by atoms with van der Waals surface area (Å²) in [6, 6.07) is 0. The maximum atomic E-state index is 6.42. The molecule has 1 unspecified atom stereocenters. The quantitative estimate of drug-likeness (QED) is 0.779. The summed E-state index contributed by atoms with van der Waals surface area (Å²) in [6.07, 6.45) is 9.39. The monoisotopic (exact) mass is 267 g/mol. The number of nitrogens with one attached hydrogen (secondary N) is 1. The van der Waals surface area contributed by atoms with Crippen LogP contribution in [0.1, 0.15) is 56.4 Å². The van der Waals surface area contributed by atoms with Crippen molar-refractivity contribution in [3.63, 3.8) is 0 Å². The van der Waals surface area contributed by atoms with Gasteiger partial charge in [-0.05, 0) is 25.8 Å². The third-order valence-electron chi connectivity index (χ3n) is 3.97. The minimum Gasteiger partial charge on any atom is -0.325 e. The zero-order valence-electron chi connectivity index (χ0n) is 11.3. The highest BCUT2D eigenvalue weighted by atomic mass is 32.1. The Morgan fingerprint density at radius 2 is 2.22 bits per heavy atom. The molecule has 0 bridgehead atoms. The van der Waals surface area contributed by atoms with Gasteiger partial charge in [0.05, 0.1) is 5.01 Å². The average Bonchev–Trinajstić information content (AvgIpc) is 2.89. The maximum absolute atomic E-state index is 6.42. The van der Waals surface area contributed by atoms with E-state index in [1.165, 1.54) is 37.1 Å². The van der Waals surface area contributed by atoms with Gasteiger partial charge in [0.25, 0.3) is 0 Å². The van der Waals surface area contributed by atoms with Crippen molar-refractivity contribution in [2.45, 2.75) is 56.9 Å². The molecule has 0 radical (unpaired) electrons. The third kappa shape index (κ3) is 4.04. The molecule has 1 aliphatic carbocycles. The molecule has 3 nitrogen and oxygen atoms in total. The predicted octanol–water partition coefficient (Wildman–Crippen LogP) is 2.89. The van der Waals surface area contributed by atoms with Gasteiger partial charge in [-0.3, -0.25) is 0 Å². The van der Waals surface area contributed by atoms with Gasteiger partial charge in [0.2, 0.25) is 0 Å². The maximum Gasteiger partial charge on any atom is 0.0965 e. The van der Waals surface area contributed by atoms with Crippen LogP contribution in [0.4, 0.5) is 0 Å². The van der Waals surface area contributed by atoms with Gasteiger partial charge in [-0.15, -0.1) is 11.3 Å². The summed E-state index contributed by atoms with van der Waals surface area (Å²) in [7, 11) is 0. The molecule has 2 rings (SSSR count). The first-order valence-corrected chi connectivity index (χ1v) is 7.97. The fourth-order valence-corrected chi connectivity index (χ4v) is 3.43. The van der Waals surface area contributed by atoms with E-state index < -0.39 is 0 Å². The Morgan fingerprint density at radius 3 is 2.89 bits per heavy atom. The van der Waals surface area contributed by atoms with E-state index in [2.05, 4.69) is 17.2 Å². The molecule has 1 heterocycles. The van der Waals surface area contributed by atoms with Crippen molar-refractivity contribution in [1.29, 1.82) is 0 Å². The van der Waals surface area contributed by atoms with Crippen LogP contribution >= 0.6 is 11.3 Å². The van der Waals surface area contributed by atoms with Gasteiger partial charge in [0.15, 0.2) is 0 Å². The lowest BCUT2D eigenvalue weighted by Gasteiger charge is -2.33. The van der Waals surface area contributed by atoms with Crippen LogP contribution < -0.4 is 11.1 Å². The van der Waals surface area contributed by atoms with Gasteiger partial charge < -0.3 is 11.1 Å². The van der Waals surface area contributed by atoms with Crippen molar-refractivity contribution >= 4 is 11.3 Å². The summed E-state index contributed by atoms with van der Waals surface area (Å²) in [5.41, 5.74) is 6.53. The fourth-order valence-electron chi connectivity index (χ4n) is 2.73. The normalized spacial score (nSPS) is 20.8. The molecule has 1 fully saturated rings. The van der Waals surface area contributed by atoms with E-state index in [-0.39, 0.29) is 5.54 Å². The minimum atomic E-state index is 0.107. The van der Waals surface area contributed by atoms with Gasteiger partial charge in [0.1, 0.15) is 0 Å². The van der Waals surface area contributed by atoms with Gasteiger partial charge in [-0.1, -0.05) is 26.2 Å². The van der Waals surface area contributed by atoms with E-state index in [0.29, 0.717) is 5.92 Å². The van der Waals surface area contributed by atoms with Crippen LogP contribution in [0.15, 0.2) is 11.6 Å². The molecule has 1 aromatic rings. The van der Waals surface area contributed by atoms with Crippen LogP contribution in [0.25, 0.3) is 0 Å². The molecule has 3 N–H and O–H groups in total. The Kier molecular flexibility index (Phi) is 5.15. The smallest absolute Gasteiger partial charge is 0.0965 e. The van der Waals surface area contributed by atoms with Crippen LogP contribution in [0.3, 0.4) is 0 Å². The van der Waals surface area contributed by atoms with Crippen LogP contribution in [0, 0.1) is 0 Å². The number of aromatic nitrogens is 1. The average molecular weight is 267 g/mol. The highest BCUT2D eigenvalue weighted by molar-refractivity contribution is 7.09. The van der Waals surface area contributed by atoms with Gasteiger partial charge >= 0.3 is 0 Å². The predicted molar refractivity (Wildman–Crippen MR) is 78.0 cm³/mol. The molecule has 0 amide bonds. The second-order valence-electron chi connectivity index (χ2n) is 5.65. The first-order valence-electron chi connectivity index (χ1n) is 7.09. The van der Waals surface area contributed by atoms with E-state index in [4.69, 9.17) is 5.73 Å². The summed E-state index contributed by atoms with van der Waals surface area (Å²) in [4.78, 5) is 4.35. The molecular formula is C14H25N3S. The molecule has 0 aromatic carbocycles. The summed E-state index contributed by atoms with van der Waals surface area (Å²) in [6.45, 7) is 4.26.